The van der Waals surface area contributed by atoms with Crippen LogP contribution in [0.25, 0.3) is 0 Å². The number of ketones is 1. The number of carbonyl (C=O) groups is 1. The molecule has 62 valence electrons. The van der Waals surface area contributed by atoms with E-state index in [1.54, 1.807) is 0 Å². The molecule has 0 spiro atoms. The molecule has 0 fully saturated rings. The zero-order chi connectivity index (χ0) is 8.53. The zero-order valence-electron chi connectivity index (χ0n) is 7.18. The van der Waals surface area contributed by atoms with E-state index in [4.69, 9.17) is 0 Å². The molecule has 0 aromatic carbocycles. The number of hydrogen-bond donors (Lipinski definition) is 0. The maximum Gasteiger partial charge on any atom is 0.155 e. The van der Waals surface area contributed by atoms with Crippen LogP contribution in [0, 0.1) is 0 Å². The Kier molecular flexibility index (Phi) is 6.70. The summed E-state index contributed by atoms with van der Waals surface area (Å²) in [5, 5.41) is 0. The molecule has 11 heavy (non-hydrogen) atoms. The Bertz CT molecular complexity index is 145. The van der Waals surface area contributed by atoms with Crippen LogP contribution in [-0.2, 0) is 4.79 Å². The minimum Gasteiger partial charge on any atom is -0.295 e. The van der Waals surface area contributed by atoms with Gasteiger partial charge in [0.25, 0.3) is 0 Å². The van der Waals surface area contributed by atoms with Gasteiger partial charge in [0.2, 0.25) is 0 Å². The van der Waals surface area contributed by atoms with E-state index in [9.17, 15) is 4.79 Å². The molecule has 0 amide bonds. The van der Waals surface area contributed by atoms with Gasteiger partial charge in [-0.05, 0) is 25.3 Å². The van der Waals surface area contributed by atoms with Crippen LogP contribution >= 0.6 is 0 Å². The Labute approximate surface area is 68.8 Å². The van der Waals surface area contributed by atoms with Crippen molar-refractivity contribution in [2.24, 2.45) is 0 Å². The van der Waals surface area contributed by atoms with Crippen molar-refractivity contribution < 1.29 is 4.79 Å². The van der Waals surface area contributed by atoms with Gasteiger partial charge < -0.3 is 0 Å². The molecule has 0 unspecified atom stereocenters. The summed E-state index contributed by atoms with van der Waals surface area (Å²) in [4.78, 5) is 10.7. The molecule has 0 aromatic rings. The quantitative estimate of drug-likeness (QED) is 0.325. The van der Waals surface area contributed by atoms with E-state index in [2.05, 4.69) is 25.7 Å². The van der Waals surface area contributed by atoms with E-state index in [0.29, 0.717) is 6.42 Å². The summed E-state index contributed by atoms with van der Waals surface area (Å²) in [5.74, 6) is 0.148. The third-order valence-corrected chi connectivity index (χ3v) is 1.42. The van der Waals surface area contributed by atoms with Crippen LogP contribution in [0.15, 0.2) is 24.8 Å². The predicted octanol–water partition coefficient (Wildman–Crippen LogP) is 2.88. The highest BCUT2D eigenvalue weighted by Crippen LogP contribution is 1.98. The Morgan fingerprint density at radius 1 is 1.45 bits per heavy atom. The minimum absolute atomic E-state index is 0.148. The van der Waals surface area contributed by atoms with Gasteiger partial charge in [0.05, 0.1) is 0 Å². The molecule has 1 nitrogen and oxygen atoms in total. The van der Waals surface area contributed by atoms with E-state index < -0.39 is 0 Å². The second-order valence-electron chi connectivity index (χ2n) is 2.44. The Hall–Kier alpha value is -0.850. The Balaban J connectivity index is 3.20. The third kappa shape index (κ3) is 7.04. The van der Waals surface area contributed by atoms with Gasteiger partial charge in [-0.3, -0.25) is 4.79 Å². The predicted molar refractivity (Wildman–Crippen MR) is 48.5 cm³/mol. The fourth-order valence-corrected chi connectivity index (χ4v) is 0.781. The zero-order valence-corrected chi connectivity index (χ0v) is 7.18. The van der Waals surface area contributed by atoms with E-state index in [-0.39, 0.29) is 5.78 Å². The van der Waals surface area contributed by atoms with E-state index >= 15 is 0 Å². The SMILES string of the molecule is C=CC(=O)CCC/C=C/CC. The van der Waals surface area contributed by atoms with Crippen molar-refractivity contribution in [2.45, 2.75) is 32.6 Å². The molecule has 0 rings (SSSR count). The van der Waals surface area contributed by atoms with Crippen molar-refractivity contribution in [3.63, 3.8) is 0 Å². The number of rotatable bonds is 6. The van der Waals surface area contributed by atoms with Crippen LogP contribution in [0.3, 0.4) is 0 Å². The normalized spacial score (nSPS) is 10.3. The maximum absolute atomic E-state index is 10.7. The van der Waals surface area contributed by atoms with Crippen LogP contribution < -0.4 is 0 Å². The average molecular weight is 152 g/mol. The Morgan fingerprint density at radius 3 is 2.73 bits per heavy atom. The van der Waals surface area contributed by atoms with Crippen LogP contribution in [0.4, 0.5) is 0 Å². The van der Waals surface area contributed by atoms with Gasteiger partial charge in [-0.15, -0.1) is 0 Å². The van der Waals surface area contributed by atoms with Gasteiger partial charge in [-0.25, -0.2) is 0 Å². The number of carbonyl (C=O) groups excluding carboxylic acids is 1. The van der Waals surface area contributed by atoms with Gasteiger partial charge in [0.15, 0.2) is 5.78 Å². The topological polar surface area (TPSA) is 17.1 Å². The molecule has 0 N–H and O–H groups in total. The molecule has 0 saturated carbocycles. The van der Waals surface area contributed by atoms with Crippen molar-refractivity contribution in [3.05, 3.63) is 24.8 Å². The van der Waals surface area contributed by atoms with Crippen LogP contribution in [0.1, 0.15) is 32.6 Å². The van der Waals surface area contributed by atoms with Gasteiger partial charge in [0.1, 0.15) is 0 Å². The summed E-state index contributed by atoms with van der Waals surface area (Å²) in [6, 6.07) is 0. The lowest BCUT2D eigenvalue weighted by Gasteiger charge is -1.90. The molecule has 0 heterocycles. The first kappa shape index (κ1) is 10.2. The number of allylic oxidation sites excluding steroid dienone is 3. The molecular weight excluding hydrogens is 136 g/mol. The van der Waals surface area contributed by atoms with Crippen molar-refractivity contribution >= 4 is 5.78 Å². The van der Waals surface area contributed by atoms with Crippen LogP contribution in [0.5, 0.6) is 0 Å². The smallest absolute Gasteiger partial charge is 0.155 e. The average Bonchev–Trinajstić information content (AvgIpc) is 2.04. The lowest BCUT2D eigenvalue weighted by Crippen LogP contribution is -1.89. The lowest BCUT2D eigenvalue weighted by atomic mass is 10.1. The highest BCUT2D eigenvalue weighted by Gasteiger charge is 1.92. The van der Waals surface area contributed by atoms with Crippen LogP contribution in [-0.4, -0.2) is 5.78 Å². The van der Waals surface area contributed by atoms with Gasteiger partial charge >= 0.3 is 0 Å². The molecule has 0 aromatic heterocycles. The van der Waals surface area contributed by atoms with E-state index in [1.807, 2.05) is 0 Å². The summed E-state index contributed by atoms with van der Waals surface area (Å²) >= 11 is 0. The fraction of sp³-hybridized carbons (Fsp3) is 0.500. The standard InChI is InChI=1S/C10H16O/c1-3-5-6-7-8-9-10(11)4-2/h4-6H,2-3,7-9H2,1H3/b6-5+. The first-order valence-electron chi connectivity index (χ1n) is 4.11. The molecule has 0 aliphatic rings. The number of unbranched alkanes of at least 4 members (excludes halogenated alkanes) is 1. The third-order valence-electron chi connectivity index (χ3n) is 1.42. The molecule has 1 heteroatoms. The summed E-state index contributed by atoms with van der Waals surface area (Å²) in [6.07, 6.45) is 9.31. The molecule has 0 bridgehead atoms. The Morgan fingerprint density at radius 2 is 2.18 bits per heavy atom. The maximum atomic E-state index is 10.7. The highest BCUT2D eigenvalue weighted by molar-refractivity contribution is 5.88. The minimum atomic E-state index is 0.148. The molecular formula is C10H16O. The second-order valence-corrected chi connectivity index (χ2v) is 2.44. The van der Waals surface area contributed by atoms with E-state index in [1.165, 1.54) is 6.08 Å². The monoisotopic (exact) mass is 152 g/mol. The second kappa shape index (κ2) is 7.26. The first-order valence-corrected chi connectivity index (χ1v) is 4.11. The first-order chi connectivity index (χ1) is 5.31. The summed E-state index contributed by atoms with van der Waals surface area (Å²) in [7, 11) is 0. The summed E-state index contributed by atoms with van der Waals surface area (Å²) in [5.41, 5.74) is 0. The van der Waals surface area contributed by atoms with Crippen molar-refractivity contribution in [1.29, 1.82) is 0 Å². The fourth-order valence-electron chi connectivity index (χ4n) is 0.781. The van der Waals surface area contributed by atoms with Crippen LogP contribution in [0.2, 0.25) is 0 Å². The highest BCUT2D eigenvalue weighted by atomic mass is 16.1. The largest absolute Gasteiger partial charge is 0.295 e. The summed E-state index contributed by atoms with van der Waals surface area (Å²) < 4.78 is 0. The lowest BCUT2D eigenvalue weighted by molar-refractivity contribution is -0.114. The molecule has 0 aliphatic carbocycles. The van der Waals surface area contributed by atoms with Gasteiger partial charge in [-0.1, -0.05) is 25.7 Å². The van der Waals surface area contributed by atoms with Crippen molar-refractivity contribution in [1.82, 2.24) is 0 Å². The molecule has 0 aliphatic heterocycles. The number of hydrogen-bond acceptors (Lipinski definition) is 1. The van der Waals surface area contributed by atoms with Crippen molar-refractivity contribution in [2.75, 3.05) is 0 Å². The van der Waals surface area contributed by atoms with Gasteiger partial charge in [-0.2, -0.15) is 0 Å². The molecule has 0 radical (unpaired) electrons. The molecule has 0 saturated heterocycles. The van der Waals surface area contributed by atoms with Gasteiger partial charge in [0, 0.05) is 6.42 Å². The summed E-state index contributed by atoms with van der Waals surface area (Å²) in [6.45, 7) is 5.51. The molecule has 0 atom stereocenters. The van der Waals surface area contributed by atoms with Crippen molar-refractivity contribution in [3.8, 4) is 0 Å². The van der Waals surface area contributed by atoms with E-state index in [0.717, 1.165) is 19.3 Å².